The Kier molecular flexibility index (Phi) is 2.03. The van der Waals surface area contributed by atoms with E-state index in [9.17, 15) is 0 Å². The Balaban J connectivity index is 4.02. The van der Waals surface area contributed by atoms with Crippen LogP contribution < -0.4 is 0 Å². The van der Waals surface area contributed by atoms with Crippen molar-refractivity contribution in [1.82, 2.24) is 0 Å². The number of rotatable bonds is 0. The summed E-state index contributed by atoms with van der Waals surface area (Å²) in [5.41, 5.74) is 0. The van der Waals surface area contributed by atoms with Gasteiger partial charge in [-0.25, -0.2) is 10.0 Å². The SMILES string of the molecule is [CH2]S(C)(C)C(C)(C)C. The van der Waals surface area contributed by atoms with E-state index in [-0.39, 0.29) is 0 Å². The largest absolute Gasteiger partial charge is 0.241 e. The summed E-state index contributed by atoms with van der Waals surface area (Å²) in [5, 5.41) is 0. The third-order valence-electron chi connectivity index (χ3n) is 1.66. The molecule has 1 radical (unpaired) electrons. The maximum Gasteiger partial charge on any atom is -0.00869 e. The van der Waals surface area contributed by atoms with Gasteiger partial charge < -0.3 is 0 Å². The summed E-state index contributed by atoms with van der Waals surface area (Å²) in [6, 6.07) is 0. The highest BCUT2D eigenvalue weighted by Crippen LogP contribution is 2.50. The monoisotopic (exact) mass is 133 g/mol. The van der Waals surface area contributed by atoms with Gasteiger partial charge in [0.05, 0.1) is 0 Å². The van der Waals surface area contributed by atoms with Crippen LogP contribution in [0.5, 0.6) is 0 Å². The molecule has 0 rings (SSSR count). The van der Waals surface area contributed by atoms with Crippen LogP contribution in [0.25, 0.3) is 0 Å². The molecule has 0 N–H and O–H groups in total. The fraction of sp³-hybridized carbons (Fsp3) is 0.857. The molecular weight excluding hydrogens is 116 g/mol. The van der Waals surface area contributed by atoms with Crippen LogP contribution in [0.4, 0.5) is 0 Å². The van der Waals surface area contributed by atoms with E-state index in [2.05, 4.69) is 39.5 Å². The highest BCUT2D eigenvalue weighted by atomic mass is 32.3. The highest BCUT2D eigenvalue weighted by Gasteiger charge is 2.22. The van der Waals surface area contributed by atoms with Crippen molar-refractivity contribution in [1.29, 1.82) is 0 Å². The lowest BCUT2D eigenvalue weighted by molar-refractivity contribution is 0.793. The van der Waals surface area contributed by atoms with Gasteiger partial charge in [-0.2, -0.15) is 0 Å². The van der Waals surface area contributed by atoms with Crippen LogP contribution in [0.1, 0.15) is 20.8 Å². The molecule has 0 bridgehead atoms. The molecule has 0 aromatic heterocycles. The van der Waals surface area contributed by atoms with Gasteiger partial charge in [0.15, 0.2) is 0 Å². The zero-order valence-electron chi connectivity index (χ0n) is 6.62. The van der Waals surface area contributed by atoms with Crippen LogP contribution in [0.15, 0.2) is 0 Å². The van der Waals surface area contributed by atoms with Gasteiger partial charge in [-0.05, 0) is 23.5 Å². The van der Waals surface area contributed by atoms with E-state index in [1.54, 1.807) is 0 Å². The Morgan fingerprint density at radius 2 is 1.25 bits per heavy atom. The van der Waals surface area contributed by atoms with Gasteiger partial charge in [0.2, 0.25) is 0 Å². The molecular formula is C7H17S. The molecule has 0 heterocycles. The summed E-state index contributed by atoms with van der Waals surface area (Å²) >= 11 is 0. The van der Waals surface area contributed by atoms with Crippen molar-refractivity contribution < 1.29 is 0 Å². The van der Waals surface area contributed by atoms with Crippen LogP contribution >= 0.6 is 10.0 Å². The molecule has 0 spiro atoms. The van der Waals surface area contributed by atoms with Gasteiger partial charge in [0.25, 0.3) is 0 Å². The van der Waals surface area contributed by atoms with E-state index in [1.165, 1.54) is 0 Å². The zero-order chi connectivity index (χ0) is 7.00. The predicted molar refractivity (Wildman–Crippen MR) is 44.5 cm³/mol. The van der Waals surface area contributed by atoms with Crippen molar-refractivity contribution in [2.75, 3.05) is 12.5 Å². The molecule has 1 heteroatoms. The Morgan fingerprint density at radius 1 is 1.12 bits per heavy atom. The standard InChI is InChI=1S/C7H17S/c1-7(2,3)8(4,5)6/h4H2,1-3,5-6H3. The molecule has 0 unspecified atom stereocenters. The summed E-state index contributed by atoms with van der Waals surface area (Å²) in [6.07, 6.45) is 8.61. The Morgan fingerprint density at radius 3 is 1.25 bits per heavy atom. The minimum absolute atomic E-state index is 0.410. The third kappa shape index (κ3) is 2.08. The summed E-state index contributed by atoms with van der Waals surface area (Å²) in [4.78, 5) is 0. The molecule has 51 valence electrons. The molecule has 0 aromatic rings. The van der Waals surface area contributed by atoms with E-state index < -0.39 is 10.0 Å². The molecule has 0 atom stereocenters. The average Bonchev–Trinajstić information content (AvgIpc) is 1.25. The van der Waals surface area contributed by atoms with Crippen molar-refractivity contribution in [3.05, 3.63) is 6.26 Å². The number of hydrogen-bond donors (Lipinski definition) is 0. The molecule has 0 nitrogen and oxygen atoms in total. The van der Waals surface area contributed by atoms with Crippen molar-refractivity contribution >= 4 is 10.0 Å². The van der Waals surface area contributed by atoms with Gasteiger partial charge in [0, 0.05) is 0 Å². The average molecular weight is 133 g/mol. The van der Waals surface area contributed by atoms with Gasteiger partial charge in [-0.1, -0.05) is 20.8 Å². The van der Waals surface area contributed by atoms with E-state index in [4.69, 9.17) is 0 Å². The molecule has 0 saturated carbocycles. The van der Waals surface area contributed by atoms with Crippen molar-refractivity contribution in [2.24, 2.45) is 0 Å². The molecule has 0 saturated heterocycles. The minimum atomic E-state index is -0.590. The Hall–Kier alpha value is 0.350. The topological polar surface area (TPSA) is 0 Å². The fourth-order valence-electron chi connectivity index (χ4n) is 0. The van der Waals surface area contributed by atoms with Crippen LogP contribution in [0, 0.1) is 6.26 Å². The molecule has 8 heavy (non-hydrogen) atoms. The Bertz CT molecular complexity index is 59.4. The quantitative estimate of drug-likeness (QED) is 0.476. The van der Waals surface area contributed by atoms with Crippen molar-refractivity contribution in [3.8, 4) is 0 Å². The first-order chi connectivity index (χ1) is 3.25. The lowest BCUT2D eigenvalue weighted by Crippen LogP contribution is -2.20. The zero-order valence-corrected chi connectivity index (χ0v) is 7.43. The molecule has 0 aromatic carbocycles. The predicted octanol–water partition coefficient (Wildman–Crippen LogP) is 2.64. The third-order valence-corrected chi connectivity index (χ3v) is 4.97. The maximum absolute atomic E-state index is 4.12. The van der Waals surface area contributed by atoms with Crippen LogP contribution in [-0.4, -0.2) is 17.3 Å². The summed E-state index contributed by atoms with van der Waals surface area (Å²) in [7, 11) is -0.590. The lowest BCUT2D eigenvalue weighted by Gasteiger charge is -2.40. The van der Waals surface area contributed by atoms with Gasteiger partial charge in [-0.3, -0.25) is 0 Å². The molecule has 0 fully saturated rings. The van der Waals surface area contributed by atoms with Crippen molar-refractivity contribution in [2.45, 2.75) is 25.5 Å². The van der Waals surface area contributed by atoms with Gasteiger partial charge in [-0.15, -0.1) is 0 Å². The highest BCUT2D eigenvalue weighted by molar-refractivity contribution is 8.34. The molecule has 0 aliphatic rings. The smallest absolute Gasteiger partial charge is 0.00869 e. The molecule has 0 amide bonds. The van der Waals surface area contributed by atoms with Crippen LogP contribution in [-0.2, 0) is 0 Å². The van der Waals surface area contributed by atoms with Crippen LogP contribution in [0.2, 0.25) is 0 Å². The van der Waals surface area contributed by atoms with E-state index in [0.29, 0.717) is 4.75 Å². The summed E-state index contributed by atoms with van der Waals surface area (Å²) in [6.45, 7) is 6.74. The second-order valence-corrected chi connectivity index (χ2v) is 7.95. The molecule has 0 aliphatic heterocycles. The maximum atomic E-state index is 4.12. The van der Waals surface area contributed by atoms with Crippen LogP contribution in [0.3, 0.4) is 0 Å². The second-order valence-electron chi connectivity index (χ2n) is 3.65. The lowest BCUT2D eigenvalue weighted by atomic mass is 10.3. The summed E-state index contributed by atoms with van der Waals surface area (Å²) in [5.74, 6) is 0. The first kappa shape index (κ1) is 8.35. The fourth-order valence-corrected chi connectivity index (χ4v) is 0. The second kappa shape index (κ2) is 1.94. The Labute approximate surface area is 55.0 Å². The summed E-state index contributed by atoms with van der Waals surface area (Å²) < 4.78 is 0.410. The molecule has 0 aliphatic carbocycles. The van der Waals surface area contributed by atoms with E-state index >= 15 is 0 Å². The van der Waals surface area contributed by atoms with E-state index in [0.717, 1.165) is 0 Å². The van der Waals surface area contributed by atoms with E-state index in [1.807, 2.05) is 0 Å². The van der Waals surface area contributed by atoms with Gasteiger partial charge in [0.1, 0.15) is 0 Å². The normalized spacial score (nSPS) is 16.2. The van der Waals surface area contributed by atoms with Crippen molar-refractivity contribution in [3.63, 3.8) is 0 Å². The minimum Gasteiger partial charge on any atom is -0.241 e. The number of hydrogen-bond acceptors (Lipinski definition) is 0. The first-order valence-corrected chi connectivity index (χ1v) is 5.43. The first-order valence-electron chi connectivity index (χ1n) is 2.81. The van der Waals surface area contributed by atoms with Gasteiger partial charge >= 0.3 is 0 Å².